The Hall–Kier alpha value is -2.89. The van der Waals surface area contributed by atoms with Crippen LogP contribution in [0.25, 0.3) is 0 Å². The maximum absolute atomic E-state index is 12.8. The Kier molecular flexibility index (Phi) is 5.08. The number of nitrogens with one attached hydrogen (secondary N) is 2. The van der Waals surface area contributed by atoms with Crippen LogP contribution in [0.1, 0.15) is 15.9 Å². The van der Waals surface area contributed by atoms with Crippen LogP contribution in [0.15, 0.2) is 48.5 Å². The van der Waals surface area contributed by atoms with Gasteiger partial charge in [-0.1, -0.05) is 12.1 Å². The summed E-state index contributed by atoms with van der Waals surface area (Å²) in [5.41, 5.74) is 1.08. The summed E-state index contributed by atoms with van der Waals surface area (Å²) in [6.45, 7) is 0.270. The van der Waals surface area contributed by atoms with Crippen LogP contribution in [-0.2, 0) is 6.54 Å². The third-order valence-corrected chi connectivity index (χ3v) is 2.95. The second kappa shape index (κ2) is 7.21. The SMILES string of the molecule is COc1ccc(CNC(=O)NC(=O)c2ccc(F)cc2)cc1. The molecule has 0 atom stereocenters. The van der Waals surface area contributed by atoms with Gasteiger partial charge >= 0.3 is 6.03 Å². The molecule has 114 valence electrons. The first-order valence-corrected chi connectivity index (χ1v) is 6.56. The van der Waals surface area contributed by atoms with Gasteiger partial charge in [0, 0.05) is 12.1 Å². The normalized spacial score (nSPS) is 9.91. The average molecular weight is 302 g/mol. The Balaban J connectivity index is 1.84. The van der Waals surface area contributed by atoms with Gasteiger partial charge in [-0.15, -0.1) is 0 Å². The third kappa shape index (κ3) is 4.31. The molecule has 0 aliphatic rings. The van der Waals surface area contributed by atoms with Crippen molar-refractivity contribution in [3.05, 3.63) is 65.5 Å². The van der Waals surface area contributed by atoms with Crippen molar-refractivity contribution in [2.45, 2.75) is 6.54 Å². The van der Waals surface area contributed by atoms with E-state index < -0.39 is 17.8 Å². The number of methoxy groups -OCH3 is 1. The van der Waals surface area contributed by atoms with Crippen molar-refractivity contribution >= 4 is 11.9 Å². The molecule has 0 radical (unpaired) electrons. The molecular weight excluding hydrogens is 287 g/mol. The molecule has 0 spiro atoms. The van der Waals surface area contributed by atoms with E-state index in [4.69, 9.17) is 4.74 Å². The highest BCUT2D eigenvalue weighted by atomic mass is 19.1. The number of carbonyl (C=O) groups is 2. The number of amides is 3. The molecule has 2 N–H and O–H groups in total. The van der Waals surface area contributed by atoms with Crippen molar-refractivity contribution < 1.29 is 18.7 Å². The quantitative estimate of drug-likeness (QED) is 0.911. The Morgan fingerprint density at radius 3 is 2.27 bits per heavy atom. The predicted octanol–water partition coefficient (Wildman–Crippen LogP) is 2.47. The second-order valence-corrected chi connectivity index (χ2v) is 4.49. The highest BCUT2D eigenvalue weighted by molar-refractivity contribution is 6.04. The van der Waals surface area contributed by atoms with E-state index in [-0.39, 0.29) is 12.1 Å². The molecule has 22 heavy (non-hydrogen) atoms. The number of ether oxygens (including phenoxy) is 1. The molecule has 0 fully saturated rings. The third-order valence-electron chi connectivity index (χ3n) is 2.95. The van der Waals surface area contributed by atoms with E-state index in [2.05, 4.69) is 10.6 Å². The fourth-order valence-electron chi connectivity index (χ4n) is 1.75. The van der Waals surface area contributed by atoms with Crippen LogP contribution in [0.3, 0.4) is 0 Å². The molecule has 0 saturated heterocycles. The Morgan fingerprint density at radius 1 is 1.05 bits per heavy atom. The topological polar surface area (TPSA) is 67.4 Å². The van der Waals surface area contributed by atoms with Gasteiger partial charge < -0.3 is 10.1 Å². The minimum absolute atomic E-state index is 0.209. The Morgan fingerprint density at radius 2 is 1.68 bits per heavy atom. The lowest BCUT2D eigenvalue weighted by atomic mass is 10.2. The molecule has 3 amide bonds. The van der Waals surface area contributed by atoms with Crippen molar-refractivity contribution in [1.29, 1.82) is 0 Å². The number of halogens is 1. The van der Waals surface area contributed by atoms with Crippen LogP contribution >= 0.6 is 0 Å². The smallest absolute Gasteiger partial charge is 0.321 e. The van der Waals surface area contributed by atoms with E-state index >= 15 is 0 Å². The summed E-state index contributed by atoms with van der Waals surface area (Å²) in [5.74, 6) is -0.313. The molecule has 0 aliphatic carbocycles. The summed E-state index contributed by atoms with van der Waals surface area (Å²) < 4.78 is 17.8. The Bertz CT molecular complexity index is 654. The number of hydrogen-bond acceptors (Lipinski definition) is 3. The average Bonchev–Trinajstić information content (AvgIpc) is 2.54. The Labute approximate surface area is 127 Å². The summed E-state index contributed by atoms with van der Waals surface area (Å²) in [7, 11) is 1.57. The van der Waals surface area contributed by atoms with E-state index in [1.54, 1.807) is 31.4 Å². The molecule has 2 rings (SSSR count). The van der Waals surface area contributed by atoms with Gasteiger partial charge in [0.25, 0.3) is 5.91 Å². The molecule has 0 heterocycles. The monoisotopic (exact) mass is 302 g/mol. The summed E-state index contributed by atoms with van der Waals surface area (Å²) in [6.07, 6.45) is 0. The minimum atomic E-state index is -0.620. The van der Waals surface area contributed by atoms with E-state index in [1.807, 2.05) is 0 Å². The molecule has 2 aromatic carbocycles. The van der Waals surface area contributed by atoms with E-state index in [9.17, 15) is 14.0 Å². The molecule has 2 aromatic rings. The summed E-state index contributed by atoms with van der Waals surface area (Å²) >= 11 is 0. The van der Waals surface area contributed by atoms with Gasteiger partial charge in [-0.25, -0.2) is 9.18 Å². The molecule has 0 aliphatic heterocycles. The number of hydrogen-bond donors (Lipinski definition) is 2. The van der Waals surface area contributed by atoms with Gasteiger partial charge in [0.2, 0.25) is 0 Å². The molecule has 0 unspecified atom stereocenters. The van der Waals surface area contributed by atoms with E-state index in [1.165, 1.54) is 12.1 Å². The van der Waals surface area contributed by atoms with Crippen LogP contribution in [0, 0.1) is 5.82 Å². The van der Waals surface area contributed by atoms with Crippen LogP contribution in [0.4, 0.5) is 9.18 Å². The minimum Gasteiger partial charge on any atom is -0.497 e. The number of imide groups is 1. The van der Waals surface area contributed by atoms with Crippen LogP contribution in [-0.4, -0.2) is 19.0 Å². The van der Waals surface area contributed by atoms with Gasteiger partial charge in [0.15, 0.2) is 0 Å². The molecule has 0 saturated carbocycles. The number of urea groups is 1. The van der Waals surface area contributed by atoms with E-state index in [0.717, 1.165) is 23.4 Å². The van der Waals surface area contributed by atoms with Crippen molar-refractivity contribution in [2.24, 2.45) is 0 Å². The maximum Gasteiger partial charge on any atom is 0.321 e. The zero-order valence-electron chi connectivity index (χ0n) is 11.9. The molecule has 0 aromatic heterocycles. The van der Waals surface area contributed by atoms with Crippen molar-refractivity contribution in [3.8, 4) is 5.75 Å². The lowest BCUT2D eigenvalue weighted by molar-refractivity contribution is 0.0964. The fraction of sp³-hybridized carbons (Fsp3) is 0.125. The van der Waals surface area contributed by atoms with Crippen LogP contribution in [0.2, 0.25) is 0 Å². The van der Waals surface area contributed by atoms with Crippen molar-refractivity contribution in [1.82, 2.24) is 10.6 Å². The molecule has 6 heteroatoms. The number of benzene rings is 2. The lowest BCUT2D eigenvalue weighted by Crippen LogP contribution is -2.39. The number of carbonyl (C=O) groups excluding carboxylic acids is 2. The maximum atomic E-state index is 12.8. The number of rotatable bonds is 4. The standard InChI is InChI=1S/C16H15FN2O3/c1-22-14-8-2-11(3-9-14)10-18-16(21)19-15(20)12-4-6-13(17)7-5-12/h2-9H,10H2,1H3,(H2,18,19,20,21). The zero-order chi connectivity index (χ0) is 15.9. The lowest BCUT2D eigenvalue weighted by Gasteiger charge is -2.07. The van der Waals surface area contributed by atoms with Gasteiger partial charge in [0.1, 0.15) is 11.6 Å². The zero-order valence-corrected chi connectivity index (χ0v) is 11.9. The summed E-state index contributed by atoms with van der Waals surface area (Å²) in [4.78, 5) is 23.4. The first-order chi connectivity index (χ1) is 10.6. The summed E-state index contributed by atoms with van der Waals surface area (Å²) in [6, 6.07) is 11.5. The first kappa shape index (κ1) is 15.5. The summed E-state index contributed by atoms with van der Waals surface area (Å²) in [5, 5.41) is 4.74. The van der Waals surface area contributed by atoms with Gasteiger partial charge in [-0.3, -0.25) is 10.1 Å². The van der Waals surface area contributed by atoms with Crippen LogP contribution < -0.4 is 15.4 Å². The molecule has 5 nitrogen and oxygen atoms in total. The first-order valence-electron chi connectivity index (χ1n) is 6.56. The van der Waals surface area contributed by atoms with Crippen LogP contribution in [0.5, 0.6) is 5.75 Å². The molecule has 0 bridgehead atoms. The van der Waals surface area contributed by atoms with Gasteiger partial charge in [0.05, 0.1) is 7.11 Å². The van der Waals surface area contributed by atoms with Gasteiger partial charge in [-0.2, -0.15) is 0 Å². The predicted molar refractivity (Wildman–Crippen MR) is 79.1 cm³/mol. The largest absolute Gasteiger partial charge is 0.497 e. The van der Waals surface area contributed by atoms with Crippen molar-refractivity contribution in [2.75, 3.05) is 7.11 Å². The molecular formula is C16H15FN2O3. The highest BCUT2D eigenvalue weighted by Gasteiger charge is 2.09. The van der Waals surface area contributed by atoms with Gasteiger partial charge in [-0.05, 0) is 42.0 Å². The highest BCUT2D eigenvalue weighted by Crippen LogP contribution is 2.10. The van der Waals surface area contributed by atoms with E-state index in [0.29, 0.717) is 0 Å². The second-order valence-electron chi connectivity index (χ2n) is 4.49. The fourth-order valence-corrected chi connectivity index (χ4v) is 1.75. The van der Waals surface area contributed by atoms with Crippen molar-refractivity contribution in [3.63, 3.8) is 0 Å².